The third kappa shape index (κ3) is 6.19. The van der Waals surface area contributed by atoms with Crippen LogP contribution in [0, 0.1) is 10.1 Å². The normalized spacial score (nSPS) is 14.8. The Morgan fingerprint density at radius 3 is 2.44 bits per heavy atom. The first-order valence-corrected chi connectivity index (χ1v) is 11.8. The Hall–Kier alpha value is -3.15. The second-order valence-electron chi connectivity index (χ2n) is 7.12. The van der Waals surface area contributed by atoms with Gasteiger partial charge in [-0.15, -0.1) is 0 Å². The van der Waals surface area contributed by atoms with Gasteiger partial charge in [-0.2, -0.15) is 4.31 Å². The summed E-state index contributed by atoms with van der Waals surface area (Å²) in [5.41, 5.74) is 0.949. The molecule has 32 heavy (non-hydrogen) atoms. The van der Waals surface area contributed by atoms with Gasteiger partial charge in [-0.25, -0.2) is 8.42 Å². The van der Waals surface area contributed by atoms with Crippen LogP contribution in [0.5, 0.6) is 0 Å². The molecule has 1 aliphatic heterocycles. The van der Waals surface area contributed by atoms with Gasteiger partial charge in [-0.05, 0) is 61.0 Å². The van der Waals surface area contributed by atoms with Crippen LogP contribution in [0.3, 0.4) is 0 Å². The van der Waals surface area contributed by atoms with E-state index < -0.39 is 20.9 Å². The van der Waals surface area contributed by atoms with Crippen LogP contribution in [0.15, 0.2) is 59.5 Å². The molecule has 1 heterocycles. The lowest BCUT2D eigenvalue weighted by Crippen LogP contribution is -2.35. The summed E-state index contributed by atoms with van der Waals surface area (Å²) in [7, 11) is -3.52. The van der Waals surface area contributed by atoms with Crippen molar-refractivity contribution in [1.29, 1.82) is 0 Å². The standard InChI is InChI=1S/C21H22N4O5S2/c26-20(12-7-16-5-4-6-18(15-16)25(27)28)23-21(31)22-17-8-10-19(11-9-17)32(29,30)24-13-2-1-3-14-24/h4-12,15H,1-3,13-14H2,(H2,22,23,26,31)/b12-7+. The summed E-state index contributed by atoms with van der Waals surface area (Å²) in [6.45, 7) is 1.06. The lowest BCUT2D eigenvalue weighted by atomic mass is 10.2. The first-order chi connectivity index (χ1) is 15.3. The average Bonchev–Trinajstić information content (AvgIpc) is 2.79. The van der Waals surface area contributed by atoms with Gasteiger partial charge in [-0.1, -0.05) is 18.6 Å². The summed E-state index contributed by atoms with van der Waals surface area (Å²) in [4.78, 5) is 22.6. The van der Waals surface area contributed by atoms with Crippen LogP contribution in [0.1, 0.15) is 24.8 Å². The topological polar surface area (TPSA) is 122 Å². The van der Waals surface area contributed by atoms with E-state index in [0.717, 1.165) is 19.3 Å². The molecule has 1 aliphatic rings. The first-order valence-electron chi connectivity index (χ1n) is 9.90. The predicted octanol–water partition coefficient (Wildman–Crippen LogP) is 3.30. The molecular formula is C21H22N4O5S2. The number of piperidine rings is 1. The van der Waals surface area contributed by atoms with E-state index in [0.29, 0.717) is 24.3 Å². The molecule has 0 unspecified atom stereocenters. The van der Waals surface area contributed by atoms with E-state index in [9.17, 15) is 23.3 Å². The van der Waals surface area contributed by atoms with Crippen molar-refractivity contribution in [3.05, 3.63) is 70.3 Å². The molecule has 0 bridgehead atoms. The third-order valence-electron chi connectivity index (χ3n) is 4.81. The molecule has 2 aromatic rings. The molecule has 1 amide bonds. The quantitative estimate of drug-likeness (QED) is 0.285. The van der Waals surface area contributed by atoms with Crippen molar-refractivity contribution < 1.29 is 18.1 Å². The number of hydrogen-bond donors (Lipinski definition) is 2. The number of hydrogen-bond acceptors (Lipinski definition) is 6. The van der Waals surface area contributed by atoms with E-state index >= 15 is 0 Å². The lowest BCUT2D eigenvalue weighted by Gasteiger charge is -2.25. The number of benzene rings is 2. The van der Waals surface area contributed by atoms with E-state index in [1.54, 1.807) is 18.2 Å². The molecular weight excluding hydrogens is 452 g/mol. The monoisotopic (exact) mass is 474 g/mol. The van der Waals surface area contributed by atoms with Crippen LogP contribution in [0.4, 0.5) is 11.4 Å². The molecule has 2 N–H and O–H groups in total. The van der Waals surface area contributed by atoms with Crippen LogP contribution in [-0.4, -0.2) is 41.8 Å². The summed E-state index contributed by atoms with van der Waals surface area (Å²) in [5.74, 6) is -0.515. The van der Waals surface area contributed by atoms with Gasteiger partial charge < -0.3 is 5.32 Å². The molecule has 3 rings (SSSR count). The number of nitro groups is 1. The SMILES string of the molecule is O=C(/C=C/c1cccc([N+](=O)[O-])c1)NC(=S)Nc1ccc(S(=O)(=O)N2CCCCC2)cc1. The average molecular weight is 475 g/mol. The van der Waals surface area contributed by atoms with Gasteiger partial charge in [0, 0.05) is 37.0 Å². The Morgan fingerprint density at radius 1 is 1.09 bits per heavy atom. The molecule has 1 fully saturated rings. The minimum atomic E-state index is -3.52. The van der Waals surface area contributed by atoms with Crippen molar-refractivity contribution in [1.82, 2.24) is 9.62 Å². The van der Waals surface area contributed by atoms with E-state index in [-0.39, 0.29) is 15.7 Å². The second-order valence-corrected chi connectivity index (χ2v) is 9.46. The van der Waals surface area contributed by atoms with E-state index in [1.165, 1.54) is 46.8 Å². The molecule has 0 aromatic heterocycles. The highest BCUT2D eigenvalue weighted by atomic mass is 32.2. The van der Waals surface area contributed by atoms with Crippen molar-refractivity contribution in [3.63, 3.8) is 0 Å². The fourth-order valence-corrected chi connectivity index (χ4v) is 4.93. The summed E-state index contributed by atoms with van der Waals surface area (Å²) in [5, 5.41) is 16.1. The van der Waals surface area contributed by atoms with Crippen LogP contribution in [0.25, 0.3) is 6.08 Å². The van der Waals surface area contributed by atoms with Gasteiger partial charge in [-0.3, -0.25) is 20.2 Å². The van der Waals surface area contributed by atoms with E-state index in [1.807, 2.05) is 0 Å². The number of thiocarbonyl (C=S) groups is 1. The summed E-state index contributed by atoms with van der Waals surface area (Å²) in [6.07, 6.45) is 5.41. The number of nitro benzene ring substituents is 1. The first kappa shape index (κ1) is 23.5. The smallest absolute Gasteiger partial charge is 0.270 e. The van der Waals surface area contributed by atoms with E-state index in [2.05, 4.69) is 10.6 Å². The number of sulfonamides is 1. The molecule has 168 valence electrons. The molecule has 1 saturated heterocycles. The highest BCUT2D eigenvalue weighted by molar-refractivity contribution is 7.89. The number of non-ortho nitro benzene ring substituents is 1. The highest BCUT2D eigenvalue weighted by Crippen LogP contribution is 2.22. The Kier molecular flexibility index (Phi) is 7.67. The van der Waals surface area contributed by atoms with Crippen molar-refractivity contribution >= 4 is 50.7 Å². The maximum Gasteiger partial charge on any atom is 0.270 e. The van der Waals surface area contributed by atoms with Crippen molar-refractivity contribution in [2.24, 2.45) is 0 Å². The van der Waals surface area contributed by atoms with Gasteiger partial charge in [0.2, 0.25) is 15.9 Å². The fraction of sp³-hybridized carbons (Fsp3) is 0.238. The minimum absolute atomic E-state index is 0.0327. The summed E-state index contributed by atoms with van der Waals surface area (Å²) >= 11 is 5.11. The maximum absolute atomic E-state index is 12.7. The van der Waals surface area contributed by atoms with Crippen molar-refractivity contribution in [2.45, 2.75) is 24.2 Å². The molecule has 0 saturated carbocycles. The number of carbonyl (C=O) groups is 1. The summed E-state index contributed by atoms with van der Waals surface area (Å²) < 4.78 is 26.9. The van der Waals surface area contributed by atoms with Gasteiger partial charge >= 0.3 is 0 Å². The zero-order valence-electron chi connectivity index (χ0n) is 17.1. The minimum Gasteiger partial charge on any atom is -0.332 e. The number of carbonyl (C=O) groups excluding carboxylic acids is 1. The van der Waals surface area contributed by atoms with Gasteiger partial charge in [0.25, 0.3) is 5.69 Å². The summed E-state index contributed by atoms with van der Waals surface area (Å²) in [6, 6.07) is 12.0. The Balaban J connectivity index is 1.56. The van der Waals surface area contributed by atoms with Crippen LogP contribution >= 0.6 is 12.2 Å². The van der Waals surface area contributed by atoms with Crippen molar-refractivity contribution in [3.8, 4) is 0 Å². The second kappa shape index (κ2) is 10.4. The highest BCUT2D eigenvalue weighted by Gasteiger charge is 2.25. The molecule has 2 aromatic carbocycles. The van der Waals surface area contributed by atoms with Crippen LogP contribution < -0.4 is 10.6 Å². The maximum atomic E-state index is 12.7. The fourth-order valence-electron chi connectivity index (χ4n) is 3.19. The predicted molar refractivity (Wildman–Crippen MR) is 126 cm³/mol. The lowest BCUT2D eigenvalue weighted by molar-refractivity contribution is -0.384. The Morgan fingerprint density at radius 2 is 1.78 bits per heavy atom. The molecule has 9 nitrogen and oxygen atoms in total. The van der Waals surface area contributed by atoms with Gasteiger partial charge in [0.15, 0.2) is 5.11 Å². The third-order valence-corrected chi connectivity index (χ3v) is 6.93. The van der Waals surface area contributed by atoms with Gasteiger partial charge in [0.05, 0.1) is 9.82 Å². The number of amides is 1. The Bertz CT molecular complexity index is 1140. The number of nitrogens with one attached hydrogen (secondary N) is 2. The zero-order valence-corrected chi connectivity index (χ0v) is 18.7. The molecule has 0 aliphatic carbocycles. The number of rotatable bonds is 6. The number of nitrogens with zero attached hydrogens (tertiary/aromatic N) is 2. The molecule has 0 spiro atoms. The van der Waals surface area contributed by atoms with Crippen molar-refractivity contribution in [2.75, 3.05) is 18.4 Å². The Labute approximate surface area is 191 Å². The van der Waals surface area contributed by atoms with Crippen LogP contribution in [0.2, 0.25) is 0 Å². The molecule has 0 radical (unpaired) electrons. The van der Waals surface area contributed by atoms with Crippen LogP contribution in [-0.2, 0) is 14.8 Å². The number of anilines is 1. The zero-order chi connectivity index (χ0) is 23.1. The van der Waals surface area contributed by atoms with Gasteiger partial charge in [0.1, 0.15) is 0 Å². The molecule has 11 heteroatoms. The van der Waals surface area contributed by atoms with E-state index in [4.69, 9.17) is 12.2 Å². The largest absolute Gasteiger partial charge is 0.332 e. The molecule has 0 atom stereocenters.